The maximum absolute atomic E-state index is 12.5. The Morgan fingerprint density at radius 3 is 2.32 bits per heavy atom. The van der Waals surface area contributed by atoms with Crippen LogP contribution < -0.4 is 5.32 Å². The van der Waals surface area contributed by atoms with Crippen molar-refractivity contribution in [3.63, 3.8) is 0 Å². The van der Waals surface area contributed by atoms with Gasteiger partial charge in [0.1, 0.15) is 5.69 Å². The van der Waals surface area contributed by atoms with Gasteiger partial charge in [0.2, 0.25) is 0 Å². The normalized spacial score (nSPS) is 11.6. The lowest BCUT2D eigenvalue weighted by molar-refractivity contribution is 0.0878. The van der Waals surface area contributed by atoms with Crippen molar-refractivity contribution < 1.29 is 4.79 Å². The number of carbonyl (C=O) groups is 1. The zero-order valence-corrected chi connectivity index (χ0v) is 14.0. The van der Waals surface area contributed by atoms with E-state index in [0.717, 1.165) is 42.4 Å². The van der Waals surface area contributed by atoms with E-state index in [0.29, 0.717) is 0 Å². The topological polar surface area (TPSA) is 34.0 Å². The fourth-order valence-electron chi connectivity index (χ4n) is 2.41. The highest BCUT2D eigenvalue weighted by Gasteiger charge is 2.27. The van der Waals surface area contributed by atoms with Crippen LogP contribution >= 0.6 is 15.9 Å². The number of aromatic nitrogens is 1. The number of rotatable bonds is 7. The lowest BCUT2D eigenvalue weighted by Crippen LogP contribution is -2.47. The molecule has 1 heterocycles. The molecule has 3 nitrogen and oxygen atoms in total. The Morgan fingerprint density at radius 2 is 1.84 bits per heavy atom. The van der Waals surface area contributed by atoms with Crippen molar-refractivity contribution in [2.75, 3.05) is 0 Å². The molecule has 0 aliphatic heterocycles. The predicted octanol–water partition coefficient (Wildman–Crippen LogP) is 4.36. The van der Waals surface area contributed by atoms with Crippen LogP contribution in [0, 0.1) is 0 Å². The van der Waals surface area contributed by atoms with Gasteiger partial charge in [-0.25, -0.2) is 0 Å². The summed E-state index contributed by atoms with van der Waals surface area (Å²) >= 11 is 3.45. The summed E-state index contributed by atoms with van der Waals surface area (Å²) in [7, 11) is 0. The average Bonchev–Trinajstić information content (AvgIpc) is 2.77. The Labute approximate surface area is 124 Å². The second-order valence-electron chi connectivity index (χ2n) is 5.03. The quantitative estimate of drug-likeness (QED) is 0.792. The first kappa shape index (κ1) is 16.3. The van der Waals surface area contributed by atoms with Crippen molar-refractivity contribution in [3.05, 3.63) is 22.4 Å². The van der Waals surface area contributed by atoms with Gasteiger partial charge in [-0.1, -0.05) is 27.7 Å². The molecule has 0 saturated carbocycles. The molecule has 1 rings (SSSR count). The van der Waals surface area contributed by atoms with Gasteiger partial charge in [-0.2, -0.15) is 0 Å². The predicted molar refractivity (Wildman–Crippen MR) is 83.5 cm³/mol. The number of nitrogens with zero attached hydrogens (tertiary/aromatic N) is 1. The summed E-state index contributed by atoms with van der Waals surface area (Å²) in [5.41, 5.74) is 0.665. The number of aryl methyl sites for hydroxylation is 1. The fourth-order valence-corrected chi connectivity index (χ4v) is 2.88. The highest BCUT2D eigenvalue weighted by molar-refractivity contribution is 9.10. The SMILES string of the molecule is CCCn1cc(Br)cc1C(=O)NC(CC)(CC)CC. The Bertz CT molecular complexity index is 414. The Hall–Kier alpha value is -0.770. The highest BCUT2D eigenvalue weighted by Crippen LogP contribution is 2.21. The second-order valence-corrected chi connectivity index (χ2v) is 5.95. The molecule has 0 atom stereocenters. The first-order chi connectivity index (χ1) is 9.01. The van der Waals surface area contributed by atoms with Gasteiger partial charge in [0.15, 0.2) is 0 Å². The molecule has 0 aromatic carbocycles. The van der Waals surface area contributed by atoms with Crippen LogP contribution in [0.5, 0.6) is 0 Å². The van der Waals surface area contributed by atoms with Crippen LogP contribution in [0.2, 0.25) is 0 Å². The number of hydrogen-bond acceptors (Lipinski definition) is 1. The standard InChI is InChI=1S/C15H25BrN2O/c1-5-9-18-11-12(16)10-13(18)14(19)17-15(6-2,7-3)8-4/h10-11H,5-9H2,1-4H3,(H,17,19). The Morgan fingerprint density at radius 1 is 1.26 bits per heavy atom. The molecule has 0 fully saturated rings. The summed E-state index contributed by atoms with van der Waals surface area (Å²) < 4.78 is 2.98. The molecule has 108 valence electrons. The summed E-state index contributed by atoms with van der Waals surface area (Å²) in [5, 5.41) is 3.23. The minimum atomic E-state index is -0.0785. The number of amides is 1. The van der Waals surface area contributed by atoms with Crippen molar-refractivity contribution in [3.8, 4) is 0 Å². The molecule has 0 bridgehead atoms. The molecule has 0 aliphatic carbocycles. The molecular formula is C15H25BrN2O. The third-order valence-corrected chi connectivity index (χ3v) is 4.40. The summed E-state index contributed by atoms with van der Waals surface area (Å²) in [6, 6.07) is 1.90. The lowest BCUT2D eigenvalue weighted by Gasteiger charge is -2.31. The Balaban J connectivity index is 2.94. The highest BCUT2D eigenvalue weighted by atomic mass is 79.9. The third-order valence-electron chi connectivity index (χ3n) is 3.97. The van der Waals surface area contributed by atoms with Crippen molar-refractivity contribution in [1.29, 1.82) is 0 Å². The summed E-state index contributed by atoms with van der Waals surface area (Å²) in [6.07, 6.45) is 5.87. The van der Waals surface area contributed by atoms with Gasteiger partial charge in [0.05, 0.1) is 0 Å². The zero-order valence-electron chi connectivity index (χ0n) is 12.4. The van der Waals surface area contributed by atoms with Gasteiger partial charge < -0.3 is 9.88 Å². The third kappa shape index (κ3) is 3.85. The molecule has 0 saturated heterocycles. The molecular weight excluding hydrogens is 304 g/mol. The van der Waals surface area contributed by atoms with Crippen molar-refractivity contribution >= 4 is 21.8 Å². The van der Waals surface area contributed by atoms with E-state index in [1.807, 2.05) is 16.8 Å². The first-order valence-corrected chi connectivity index (χ1v) is 7.99. The molecule has 0 aliphatic rings. The van der Waals surface area contributed by atoms with Crippen molar-refractivity contribution in [1.82, 2.24) is 9.88 Å². The van der Waals surface area contributed by atoms with Gasteiger partial charge in [-0.3, -0.25) is 4.79 Å². The largest absolute Gasteiger partial charge is 0.345 e. The zero-order chi connectivity index (χ0) is 14.5. The maximum Gasteiger partial charge on any atom is 0.268 e. The number of halogens is 1. The number of carbonyl (C=O) groups excluding carboxylic acids is 1. The Kier molecular flexibility index (Phi) is 6.11. The van der Waals surface area contributed by atoms with Crippen molar-refractivity contribution in [2.45, 2.75) is 65.5 Å². The molecule has 1 N–H and O–H groups in total. The van der Waals surface area contributed by atoms with E-state index in [4.69, 9.17) is 0 Å². The van der Waals surface area contributed by atoms with Gasteiger partial charge in [0, 0.05) is 22.8 Å². The van der Waals surface area contributed by atoms with Crippen LogP contribution in [0.1, 0.15) is 63.9 Å². The number of hydrogen-bond donors (Lipinski definition) is 1. The molecule has 0 spiro atoms. The summed E-state index contributed by atoms with van der Waals surface area (Å²) in [5.74, 6) is 0.0321. The molecule has 1 amide bonds. The van der Waals surface area contributed by atoms with Crippen molar-refractivity contribution in [2.24, 2.45) is 0 Å². The summed E-state index contributed by atoms with van der Waals surface area (Å²) in [6.45, 7) is 9.38. The van der Waals surface area contributed by atoms with E-state index >= 15 is 0 Å². The van der Waals surface area contributed by atoms with E-state index in [1.54, 1.807) is 0 Å². The van der Waals surface area contributed by atoms with Crippen LogP contribution in [-0.4, -0.2) is 16.0 Å². The van der Waals surface area contributed by atoms with Gasteiger partial charge >= 0.3 is 0 Å². The van der Waals surface area contributed by atoms with E-state index in [9.17, 15) is 4.79 Å². The summed E-state index contributed by atoms with van der Waals surface area (Å²) in [4.78, 5) is 12.5. The van der Waals surface area contributed by atoms with E-state index < -0.39 is 0 Å². The minimum Gasteiger partial charge on any atom is -0.345 e. The van der Waals surface area contributed by atoms with Gasteiger partial charge in [-0.05, 0) is 47.7 Å². The molecule has 19 heavy (non-hydrogen) atoms. The van der Waals surface area contributed by atoms with Crippen LogP contribution in [0.4, 0.5) is 0 Å². The molecule has 0 unspecified atom stereocenters. The molecule has 1 aromatic heterocycles. The van der Waals surface area contributed by atoms with Crippen LogP contribution in [0.15, 0.2) is 16.7 Å². The second kappa shape index (κ2) is 7.13. The van der Waals surface area contributed by atoms with E-state index in [1.165, 1.54) is 0 Å². The smallest absolute Gasteiger partial charge is 0.268 e. The van der Waals surface area contributed by atoms with Crippen LogP contribution in [0.25, 0.3) is 0 Å². The van der Waals surface area contributed by atoms with Crippen LogP contribution in [-0.2, 0) is 6.54 Å². The fraction of sp³-hybridized carbons (Fsp3) is 0.667. The van der Waals surface area contributed by atoms with E-state index in [2.05, 4.69) is 48.9 Å². The van der Waals surface area contributed by atoms with Gasteiger partial charge in [-0.15, -0.1) is 0 Å². The molecule has 1 aromatic rings. The van der Waals surface area contributed by atoms with Gasteiger partial charge in [0.25, 0.3) is 5.91 Å². The monoisotopic (exact) mass is 328 g/mol. The lowest BCUT2D eigenvalue weighted by atomic mass is 9.89. The average molecular weight is 329 g/mol. The minimum absolute atomic E-state index is 0.0321. The van der Waals surface area contributed by atoms with E-state index in [-0.39, 0.29) is 11.4 Å². The molecule has 0 radical (unpaired) electrons. The molecule has 4 heteroatoms. The first-order valence-electron chi connectivity index (χ1n) is 7.20. The maximum atomic E-state index is 12.5. The number of nitrogens with one attached hydrogen (secondary N) is 1. The van der Waals surface area contributed by atoms with Crippen LogP contribution in [0.3, 0.4) is 0 Å².